The molecule has 0 saturated carbocycles. The van der Waals surface area contributed by atoms with Gasteiger partial charge in [-0.3, -0.25) is 14.5 Å². The highest BCUT2D eigenvalue weighted by atomic mass is 32.2. The highest BCUT2D eigenvalue weighted by molar-refractivity contribution is 7.89. The first-order valence-electron chi connectivity index (χ1n) is 8.50. The van der Waals surface area contributed by atoms with Crippen LogP contribution in [0, 0.1) is 0 Å². The topological polar surface area (TPSA) is 101 Å². The minimum absolute atomic E-state index is 0.120. The molecular formula is C17H20N2O6S. The van der Waals surface area contributed by atoms with Crippen LogP contribution in [0.15, 0.2) is 29.2 Å². The van der Waals surface area contributed by atoms with Crippen molar-refractivity contribution in [3.05, 3.63) is 29.8 Å². The van der Waals surface area contributed by atoms with Gasteiger partial charge in [0.25, 0.3) is 5.91 Å². The molecule has 0 N–H and O–H groups in total. The average molecular weight is 380 g/mol. The van der Waals surface area contributed by atoms with Crippen LogP contribution >= 0.6 is 0 Å². The van der Waals surface area contributed by atoms with Gasteiger partial charge in [-0.05, 0) is 43.5 Å². The minimum Gasteiger partial charge on any atom is -0.452 e. The molecule has 0 aliphatic carbocycles. The molecule has 2 fully saturated rings. The zero-order valence-electron chi connectivity index (χ0n) is 14.2. The Balaban J connectivity index is 1.60. The third kappa shape index (κ3) is 3.78. The van der Waals surface area contributed by atoms with Crippen LogP contribution < -0.4 is 0 Å². The Morgan fingerprint density at radius 2 is 1.65 bits per heavy atom. The van der Waals surface area contributed by atoms with E-state index in [4.69, 9.17) is 4.74 Å². The van der Waals surface area contributed by atoms with Crippen LogP contribution in [0.5, 0.6) is 0 Å². The third-order valence-corrected chi connectivity index (χ3v) is 6.41. The molecule has 0 spiro atoms. The van der Waals surface area contributed by atoms with Gasteiger partial charge in [0.05, 0.1) is 10.5 Å². The van der Waals surface area contributed by atoms with Crippen molar-refractivity contribution in [1.82, 2.24) is 9.21 Å². The molecule has 1 aromatic rings. The summed E-state index contributed by atoms with van der Waals surface area (Å²) in [4.78, 5) is 36.6. The number of benzene rings is 1. The number of likely N-dealkylation sites (tertiary alicyclic amines) is 1. The molecule has 0 unspecified atom stereocenters. The molecule has 0 aromatic heterocycles. The summed E-state index contributed by atoms with van der Waals surface area (Å²) < 4.78 is 31.2. The van der Waals surface area contributed by atoms with E-state index in [1.807, 2.05) is 0 Å². The molecule has 1 aromatic carbocycles. The Morgan fingerprint density at radius 1 is 1.00 bits per heavy atom. The van der Waals surface area contributed by atoms with Crippen LogP contribution in [0.25, 0.3) is 0 Å². The molecule has 3 rings (SSSR count). The number of hydrogen-bond donors (Lipinski definition) is 0. The summed E-state index contributed by atoms with van der Waals surface area (Å²) in [5.41, 5.74) is 0.144. The van der Waals surface area contributed by atoms with Crippen molar-refractivity contribution < 1.29 is 27.5 Å². The number of amides is 2. The van der Waals surface area contributed by atoms with E-state index in [0.717, 1.165) is 17.7 Å². The van der Waals surface area contributed by atoms with E-state index < -0.39 is 28.5 Å². The summed E-state index contributed by atoms with van der Waals surface area (Å²) in [5.74, 6) is -1.55. The zero-order valence-corrected chi connectivity index (χ0v) is 15.0. The molecule has 2 aliphatic rings. The first-order chi connectivity index (χ1) is 12.4. The van der Waals surface area contributed by atoms with Gasteiger partial charge in [0.1, 0.15) is 0 Å². The van der Waals surface area contributed by atoms with Gasteiger partial charge in [0.2, 0.25) is 15.9 Å². The van der Waals surface area contributed by atoms with Gasteiger partial charge in [-0.15, -0.1) is 0 Å². The summed E-state index contributed by atoms with van der Waals surface area (Å²) in [6, 6.07) is 5.43. The van der Waals surface area contributed by atoms with Crippen LogP contribution in [-0.2, 0) is 24.3 Å². The van der Waals surface area contributed by atoms with Gasteiger partial charge in [-0.2, -0.15) is 4.31 Å². The maximum absolute atomic E-state index is 12.4. The second-order valence-electron chi connectivity index (χ2n) is 6.25. The molecule has 0 atom stereocenters. The standard InChI is InChI=1S/C17H20N2O6S/c20-15-4-3-11-19(15)16(21)12-25-17(22)13-5-7-14(8-6-13)26(23,24)18-9-1-2-10-18/h5-8H,1-4,9-12H2. The smallest absolute Gasteiger partial charge is 0.338 e. The Hall–Kier alpha value is -2.26. The van der Waals surface area contributed by atoms with Crippen molar-refractivity contribution in [1.29, 1.82) is 0 Å². The fourth-order valence-electron chi connectivity index (χ4n) is 3.04. The molecule has 2 heterocycles. The van der Waals surface area contributed by atoms with E-state index in [2.05, 4.69) is 0 Å². The average Bonchev–Trinajstić information content (AvgIpc) is 3.31. The number of sulfonamides is 1. The monoisotopic (exact) mass is 380 g/mol. The van der Waals surface area contributed by atoms with Gasteiger partial charge in [0.15, 0.2) is 6.61 Å². The molecule has 140 valence electrons. The summed E-state index contributed by atoms with van der Waals surface area (Å²) in [7, 11) is -3.54. The molecule has 8 nitrogen and oxygen atoms in total. The lowest BCUT2D eigenvalue weighted by Gasteiger charge is -2.15. The normalized spacial score (nSPS) is 18.3. The quantitative estimate of drug-likeness (QED) is 0.700. The number of ether oxygens (including phenoxy) is 1. The number of esters is 1. The molecule has 0 radical (unpaired) electrons. The number of imide groups is 1. The number of carbonyl (C=O) groups excluding carboxylic acids is 3. The fourth-order valence-corrected chi connectivity index (χ4v) is 4.56. The zero-order chi connectivity index (χ0) is 18.7. The maximum Gasteiger partial charge on any atom is 0.338 e. The fraction of sp³-hybridized carbons (Fsp3) is 0.471. The number of carbonyl (C=O) groups is 3. The number of nitrogens with zero attached hydrogens (tertiary/aromatic N) is 2. The van der Waals surface area contributed by atoms with E-state index in [-0.39, 0.29) is 16.4 Å². The van der Waals surface area contributed by atoms with Gasteiger partial charge >= 0.3 is 5.97 Å². The molecule has 9 heteroatoms. The molecular weight excluding hydrogens is 360 g/mol. The van der Waals surface area contributed by atoms with E-state index in [9.17, 15) is 22.8 Å². The lowest BCUT2D eigenvalue weighted by Crippen LogP contribution is -2.35. The van der Waals surface area contributed by atoms with Crippen LogP contribution in [0.1, 0.15) is 36.0 Å². The van der Waals surface area contributed by atoms with Gasteiger partial charge in [-0.25, -0.2) is 13.2 Å². The first kappa shape index (κ1) is 18.5. The predicted octanol–water partition coefficient (Wildman–Crippen LogP) is 0.777. The van der Waals surface area contributed by atoms with Crippen LogP contribution in [0.2, 0.25) is 0 Å². The van der Waals surface area contributed by atoms with Crippen molar-refractivity contribution in [3.63, 3.8) is 0 Å². The lowest BCUT2D eigenvalue weighted by atomic mass is 10.2. The van der Waals surface area contributed by atoms with Gasteiger partial charge in [0, 0.05) is 26.1 Å². The summed E-state index contributed by atoms with van der Waals surface area (Å²) >= 11 is 0. The van der Waals surface area contributed by atoms with Crippen LogP contribution in [0.4, 0.5) is 0 Å². The third-order valence-electron chi connectivity index (χ3n) is 4.49. The first-order valence-corrected chi connectivity index (χ1v) is 9.94. The van der Waals surface area contributed by atoms with Gasteiger partial charge in [-0.1, -0.05) is 0 Å². The van der Waals surface area contributed by atoms with Crippen LogP contribution in [0.3, 0.4) is 0 Å². The van der Waals surface area contributed by atoms with Gasteiger partial charge < -0.3 is 4.74 Å². The van der Waals surface area contributed by atoms with Crippen molar-refractivity contribution in [3.8, 4) is 0 Å². The molecule has 0 bridgehead atoms. The van der Waals surface area contributed by atoms with E-state index in [1.165, 1.54) is 28.6 Å². The van der Waals surface area contributed by atoms with Crippen molar-refractivity contribution in [2.75, 3.05) is 26.2 Å². The second-order valence-corrected chi connectivity index (χ2v) is 8.19. The van der Waals surface area contributed by atoms with E-state index >= 15 is 0 Å². The predicted molar refractivity (Wildman–Crippen MR) is 90.7 cm³/mol. The van der Waals surface area contributed by atoms with Crippen molar-refractivity contribution >= 4 is 27.8 Å². The minimum atomic E-state index is -3.54. The Labute approximate surface area is 151 Å². The van der Waals surface area contributed by atoms with Crippen molar-refractivity contribution in [2.45, 2.75) is 30.6 Å². The van der Waals surface area contributed by atoms with Crippen molar-refractivity contribution in [2.24, 2.45) is 0 Å². The molecule has 2 amide bonds. The number of rotatable bonds is 5. The molecule has 2 aliphatic heterocycles. The Kier molecular flexibility index (Phi) is 5.38. The maximum atomic E-state index is 12.4. The highest BCUT2D eigenvalue weighted by Gasteiger charge is 2.28. The molecule has 26 heavy (non-hydrogen) atoms. The van der Waals surface area contributed by atoms with Crippen LogP contribution in [-0.4, -0.2) is 61.6 Å². The largest absolute Gasteiger partial charge is 0.452 e. The van der Waals surface area contributed by atoms with E-state index in [1.54, 1.807) is 0 Å². The SMILES string of the molecule is O=C(OCC(=O)N1CCCC1=O)c1ccc(S(=O)(=O)N2CCCC2)cc1. The summed E-state index contributed by atoms with van der Waals surface area (Å²) in [6.45, 7) is 0.837. The number of hydrogen-bond acceptors (Lipinski definition) is 6. The second kappa shape index (κ2) is 7.55. The summed E-state index contributed by atoms with van der Waals surface area (Å²) in [5, 5.41) is 0. The summed E-state index contributed by atoms with van der Waals surface area (Å²) in [6.07, 6.45) is 2.63. The van der Waals surface area contributed by atoms with E-state index in [0.29, 0.717) is 32.5 Å². The molecule has 2 saturated heterocycles. The highest BCUT2D eigenvalue weighted by Crippen LogP contribution is 2.21. The Bertz CT molecular complexity index is 812. The Morgan fingerprint density at radius 3 is 2.23 bits per heavy atom. The lowest BCUT2D eigenvalue weighted by molar-refractivity contribution is -0.143.